The van der Waals surface area contributed by atoms with Gasteiger partial charge in [-0.25, -0.2) is 0 Å². The average Bonchev–Trinajstić information content (AvgIpc) is 3.31. The minimum atomic E-state index is -0.125. The second-order valence-corrected chi connectivity index (χ2v) is 7.59. The molecule has 2 N–H and O–H groups in total. The Bertz CT molecular complexity index is 964. The molecule has 0 spiro atoms. The van der Waals surface area contributed by atoms with Crippen LogP contribution in [-0.4, -0.2) is 47.7 Å². The summed E-state index contributed by atoms with van der Waals surface area (Å²) < 4.78 is 5.62. The summed E-state index contributed by atoms with van der Waals surface area (Å²) >= 11 is 0. The molecule has 4 rings (SSSR count). The van der Waals surface area contributed by atoms with E-state index < -0.39 is 0 Å². The van der Waals surface area contributed by atoms with Crippen LogP contribution in [0.4, 0.5) is 0 Å². The van der Waals surface area contributed by atoms with Crippen LogP contribution in [0.5, 0.6) is 5.75 Å². The number of nitrogens with zero attached hydrogens (tertiary/aromatic N) is 2. The van der Waals surface area contributed by atoms with Crippen LogP contribution in [-0.2, 0) is 0 Å². The first-order valence-electron chi connectivity index (χ1n) is 10.5. The second kappa shape index (κ2) is 9.59. The van der Waals surface area contributed by atoms with Gasteiger partial charge in [-0.05, 0) is 32.0 Å². The van der Waals surface area contributed by atoms with Gasteiger partial charge in [0.05, 0.1) is 30.6 Å². The smallest absolute Gasteiger partial charge is 0.255 e. The molecule has 0 saturated carbocycles. The summed E-state index contributed by atoms with van der Waals surface area (Å²) in [4.78, 5) is 15.5. The second-order valence-electron chi connectivity index (χ2n) is 7.59. The zero-order valence-electron chi connectivity index (χ0n) is 17.3. The lowest BCUT2D eigenvalue weighted by atomic mass is 10.00. The van der Waals surface area contributed by atoms with Gasteiger partial charge in [-0.3, -0.25) is 14.8 Å². The standard InChI is InChI=1S/C24H28N4O2/c1-30-22-13-7-6-12-19(22)21(28-14-8-3-9-15-28)17-25-24(29)20-16-26-27-23(20)18-10-4-2-5-11-18/h2,4-7,10-13,16,21H,3,8-9,14-15,17H2,1H3,(H,25,29)(H,26,27). The maximum absolute atomic E-state index is 13.1. The Kier molecular flexibility index (Phi) is 6.44. The van der Waals surface area contributed by atoms with Crippen LogP contribution < -0.4 is 10.1 Å². The highest BCUT2D eigenvalue weighted by atomic mass is 16.5. The van der Waals surface area contributed by atoms with Crippen molar-refractivity contribution in [3.05, 3.63) is 71.9 Å². The lowest BCUT2D eigenvalue weighted by molar-refractivity contribution is 0.0924. The Balaban J connectivity index is 1.54. The molecule has 1 aliphatic heterocycles. The maximum Gasteiger partial charge on any atom is 0.255 e. The fourth-order valence-corrected chi connectivity index (χ4v) is 4.18. The third kappa shape index (κ3) is 4.39. The lowest BCUT2D eigenvalue weighted by Crippen LogP contribution is -2.40. The number of para-hydroxylation sites is 1. The summed E-state index contributed by atoms with van der Waals surface area (Å²) in [6, 6.07) is 17.9. The summed E-state index contributed by atoms with van der Waals surface area (Å²) in [5.41, 5.74) is 3.34. The van der Waals surface area contributed by atoms with E-state index in [1.807, 2.05) is 48.5 Å². The summed E-state index contributed by atoms with van der Waals surface area (Å²) in [5.74, 6) is 0.732. The number of ether oxygens (including phenoxy) is 1. The number of amides is 1. The number of hydrogen-bond acceptors (Lipinski definition) is 4. The number of methoxy groups -OCH3 is 1. The van der Waals surface area contributed by atoms with Crippen LogP contribution in [0.15, 0.2) is 60.8 Å². The third-order valence-corrected chi connectivity index (χ3v) is 5.73. The van der Waals surface area contributed by atoms with Crippen molar-refractivity contribution < 1.29 is 9.53 Å². The summed E-state index contributed by atoms with van der Waals surface area (Å²) in [7, 11) is 1.70. The van der Waals surface area contributed by atoms with Crippen molar-refractivity contribution in [3.8, 4) is 17.0 Å². The molecule has 1 amide bonds. The van der Waals surface area contributed by atoms with Crippen LogP contribution in [0.1, 0.15) is 41.2 Å². The van der Waals surface area contributed by atoms with E-state index in [4.69, 9.17) is 4.74 Å². The fourth-order valence-electron chi connectivity index (χ4n) is 4.18. The molecule has 30 heavy (non-hydrogen) atoms. The van der Waals surface area contributed by atoms with Crippen molar-refractivity contribution in [2.24, 2.45) is 0 Å². The number of piperidine rings is 1. The molecule has 1 fully saturated rings. The summed E-state index contributed by atoms with van der Waals surface area (Å²) in [6.45, 7) is 2.57. The van der Waals surface area contributed by atoms with E-state index in [9.17, 15) is 4.79 Å². The quantitative estimate of drug-likeness (QED) is 0.623. The predicted molar refractivity (Wildman–Crippen MR) is 118 cm³/mol. The molecule has 1 aliphatic rings. The Morgan fingerprint density at radius 3 is 2.60 bits per heavy atom. The normalized spacial score (nSPS) is 15.5. The molecule has 6 nitrogen and oxygen atoms in total. The zero-order valence-corrected chi connectivity index (χ0v) is 17.3. The van der Waals surface area contributed by atoms with Gasteiger partial charge >= 0.3 is 0 Å². The van der Waals surface area contributed by atoms with E-state index in [1.165, 1.54) is 19.3 Å². The Morgan fingerprint density at radius 1 is 1.10 bits per heavy atom. The molecule has 2 heterocycles. The summed E-state index contributed by atoms with van der Waals surface area (Å²) in [6.07, 6.45) is 5.21. The van der Waals surface area contributed by atoms with E-state index in [-0.39, 0.29) is 11.9 Å². The number of carbonyl (C=O) groups excluding carboxylic acids is 1. The Morgan fingerprint density at radius 2 is 1.83 bits per heavy atom. The Labute approximate surface area is 177 Å². The SMILES string of the molecule is COc1ccccc1C(CNC(=O)c1cn[nH]c1-c1ccccc1)N1CCCCC1. The van der Waals surface area contributed by atoms with Gasteiger partial charge in [0.25, 0.3) is 5.91 Å². The van der Waals surface area contributed by atoms with Crippen LogP contribution in [0.3, 0.4) is 0 Å². The average molecular weight is 405 g/mol. The first kappa shape index (κ1) is 20.2. The van der Waals surface area contributed by atoms with Gasteiger partial charge in [-0.15, -0.1) is 0 Å². The van der Waals surface area contributed by atoms with Crippen molar-refractivity contribution in [2.45, 2.75) is 25.3 Å². The van der Waals surface area contributed by atoms with Crippen molar-refractivity contribution in [3.63, 3.8) is 0 Å². The lowest BCUT2D eigenvalue weighted by Gasteiger charge is -2.35. The largest absolute Gasteiger partial charge is 0.496 e. The molecule has 0 aliphatic carbocycles. The molecule has 1 atom stereocenters. The summed E-state index contributed by atoms with van der Waals surface area (Å²) in [5, 5.41) is 10.2. The third-order valence-electron chi connectivity index (χ3n) is 5.73. The topological polar surface area (TPSA) is 70.2 Å². The van der Waals surface area contributed by atoms with Gasteiger partial charge < -0.3 is 10.1 Å². The molecule has 0 bridgehead atoms. The van der Waals surface area contributed by atoms with Crippen LogP contribution in [0.2, 0.25) is 0 Å². The van der Waals surface area contributed by atoms with Gasteiger partial charge in [0.1, 0.15) is 5.75 Å². The molecule has 3 aromatic rings. The van der Waals surface area contributed by atoms with E-state index in [0.29, 0.717) is 12.1 Å². The number of rotatable bonds is 7. The van der Waals surface area contributed by atoms with Crippen molar-refractivity contribution in [1.82, 2.24) is 20.4 Å². The first-order chi connectivity index (χ1) is 14.8. The fraction of sp³-hybridized carbons (Fsp3) is 0.333. The molecule has 1 aromatic heterocycles. The highest BCUT2D eigenvalue weighted by Gasteiger charge is 2.26. The number of nitrogens with one attached hydrogen (secondary N) is 2. The minimum absolute atomic E-state index is 0.0671. The van der Waals surface area contributed by atoms with Crippen LogP contribution in [0, 0.1) is 0 Å². The number of benzene rings is 2. The molecular formula is C24H28N4O2. The van der Waals surface area contributed by atoms with Crippen molar-refractivity contribution in [2.75, 3.05) is 26.7 Å². The van der Waals surface area contributed by atoms with Crippen molar-refractivity contribution in [1.29, 1.82) is 0 Å². The number of H-pyrrole nitrogens is 1. The van der Waals surface area contributed by atoms with Gasteiger partial charge in [0.15, 0.2) is 0 Å². The Hall–Kier alpha value is -3.12. The van der Waals surface area contributed by atoms with Gasteiger partial charge in [0.2, 0.25) is 0 Å². The van der Waals surface area contributed by atoms with Crippen LogP contribution in [0.25, 0.3) is 11.3 Å². The maximum atomic E-state index is 13.1. The number of aromatic amines is 1. The molecule has 2 aromatic carbocycles. The molecule has 0 radical (unpaired) electrons. The van der Waals surface area contributed by atoms with E-state index >= 15 is 0 Å². The highest BCUT2D eigenvalue weighted by Crippen LogP contribution is 2.31. The van der Waals surface area contributed by atoms with Gasteiger partial charge in [-0.1, -0.05) is 55.0 Å². The number of likely N-dealkylation sites (tertiary alicyclic amines) is 1. The molecule has 156 valence electrons. The molecule has 6 heteroatoms. The van der Waals surface area contributed by atoms with Gasteiger partial charge in [0, 0.05) is 17.7 Å². The number of hydrogen-bond donors (Lipinski definition) is 2. The van der Waals surface area contributed by atoms with Gasteiger partial charge in [-0.2, -0.15) is 5.10 Å². The van der Waals surface area contributed by atoms with E-state index in [0.717, 1.165) is 35.7 Å². The van der Waals surface area contributed by atoms with Crippen molar-refractivity contribution >= 4 is 5.91 Å². The monoisotopic (exact) mass is 404 g/mol. The number of aromatic nitrogens is 2. The highest BCUT2D eigenvalue weighted by molar-refractivity contribution is 5.99. The molecule has 1 saturated heterocycles. The van der Waals surface area contributed by atoms with E-state index in [2.05, 4.69) is 26.5 Å². The predicted octanol–water partition coefficient (Wildman–Crippen LogP) is 4.04. The number of carbonyl (C=O) groups is 1. The van der Waals surface area contributed by atoms with Crippen LogP contribution >= 0.6 is 0 Å². The first-order valence-corrected chi connectivity index (χ1v) is 10.5. The minimum Gasteiger partial charge on any atom is -0.496 e. The van der Waals surface area contributed by atoms with E-state index in [1.54, 1.807) is 13.3 Å². The molecular weight excluding hydrogens is 376 g/mol. The zero-order chi connectivity index (χ0) is 20.8. The molecule has 1 unspecified atom stereocenters.